The van der Waals surface area contributed by atoms with E-state index in [-0.39, 0.29) is 5.91 Å². The lowest BCUT2D eigenvalue weighted by atomic mass is 10.2. The summed E-state index contributed by atoms with van der Waals surface area (Å²) in [5, 5.41) is 4.75. The maximum absolute atomic E-state index is 11.2. The van der Waals surface area contributed by atoms with Crippen LogP contribution in [0.2, 0.25) is 0 Å². The zero-order valence-electron chi connectivity index (χ0n) is 7.49. The molecular weight excluding hydrogens is 181 g/mol. The molecule has 2 N–H and O–H groups in total. The smallest absolute Gasteiger partial charge is 0.322 e. The molecule has 0 bridgehead atoms. The zero-order valence-corrected chi connectivity index (χ0v) is 7.49. The van der Waals surface area contributed by atoms with Gasteiger partial charge in [-0.2, -0.15) is 0 Å². The fourth-order valence-electron chi connectivity index (χ4n) is 1.45. The van der Waals surface area contributed by atoms with Crippen molar-refractivity contribution in [3.63, 3.8) is 0 Å². The van der Waals surface area contributed by atoms with Crippen molar-refractivity contribution in [2.24, 2.45) is 0 Å². The Kier molecular flexibility index (Phi) is 2.18. The van der Waals surface area contributed by atoms with E-state index in [9.17, 15) is 9.59 Å². The Bertz CT molecular complexity index is 362. The van der Waals surface area contributed by atoms with E-state index >= 15 is 0 Å². The molecule has 1 aliphatic rings. The molecule has 14 heavy (non-hydrogen) atoms. The highest BCUT2D eigenvalue weighted by atomic mass is 16.2. The predicted molar refractivity (Wildman–Crippen MR) is 50.6 cm³/mol. The molecule has 1 aliphatic heterocycles. The number of hydrogen-bond acceptors (Lipinski definition) is 2. The molecule has 1 aromatic rings. The first-order chi connectivity index (χ1) is 6.75. The summed E-state index contributed by atoms with van der Waals surface area (Å²) in [4.78, 5) is 22.0. The fraction of sp³-hybridized carbons (Fsp3) is 0.200. The summed E-state index contributed by atoms with van der Waals surface area (Å²) >= 11 is 0. The molecule has 2 rings (SSSR count). The first kappa shape index (κ1) is 8.74. The van der Waals surface area contributed by atoms with Gasteiger partial charge < -0.3 is 5.32 Å². The third kappa shape index (κ3) is 1.74. The summed E-state index contributed by atoms with van der Waals surface area (Å²) in [5.74, 6) is -0.251. The van der Waals surface area contributed by atoms with E-state index in [4.69, 9.17) is 0 Å². The average molecular weight is 191 g/mol. The highest BCUT2D eigenvalue weighted by Crippen LogP contribution is 2.05. The Hall–Kier alpha value is -1.84. The minimum atomic E-state index is -0.426. The quantitative estimate of drug-likeness (QED) is 0.526. The maximum atomic E-state index is 11.2. The number of imide groups is 1. The monoisotopic (exact) mass is 191 g/mol. The van der Waals surface area contributed by atoms with Crippen molar-refractivity contribution >= 4 is 11.9 Å². The van der Waals surface area contributed by atoms with Crippen LogP contribution in [-0.2, 0) is 11.2 Å². The van der Waals surface area contributed by atoms with Crippen molar-refractivity contribution in [1.82, 2.24) is 10.6 Å². The first-order valence-corrected chi connectivity index (χ1v) is 4.41. The number of nitrogens with one attached hydrogen (secondary N) is 2. The van der Waals surface area contributed by atoms with Crippen LogP contribution in [0.3, 0.4) is 0 Å². The fourth-order valence-corrected chi connectivity index (χ4v) is 1.45. The number of urea groups is 1. The molecule has 1 atom stereocenters. The van der Waals surface area contributed by atoms with Crippen LogP contribution >= 0.6 is 0 Å². The van der Waals surface area contributed by atoms with Gasteiger partial charge in [0.25, 0.3) is 5.91 Å². The van der Waals surface area contributed by atoms with Crippen LogP contribution in [0.1, 0.15) is 5.56 Å². The Labute approximate surface area is 81.3 Å². The Morgan fingerprint density at radius 3 is 2.43 bits per heavy atom. The topological polar surface area (TPSA) is 58.2 Å². The van der Waals surface area contributed by atoms with Crippen LogP contribution in [-0.4, -0.2) is 18.0 Å². The minimum Gasteiger partial charge on any atom is -0.326 e. The van der Waals surface area contributed by atoms with Crippen molar-refractivity contribution in [3.05, 3.63) is 35.9 Å². The van der Waals surface area contributed by atoms with Gasteiger partial charge in [0.05, 0.1) is 0 Å². The van der Waals surface area contributed by atoms with Crippen LogP contribution < -0.4 is 10.6 Å². The van der Waals surface area contributed by atoms with E-state index in [0.29, 0.717) is 6.42 Å². The van der Waals surface area contributed by atoms with Crippen molar-refractivity contribution < 1.29 is 9.59 Å². The van der Waals surface area contributed by atoms with E-state index in [2.05, 4.69) is 10.6 Å². The lowest BCUT2D eigenvalue weighted by Gasteiger charge is -2.06. The molecule has 1 heterocycles. The second-order valence-corrected chi connectivity index (χ2v) is 3.21. The molecule has 72 valence electrons. The summed E-state index contributed by atoms with van der Waals surface area (Å²) in [7, 11) is 0. The molecular formula is C10H10N2O2. The Balaban J connectivity index is 2.05. The molecule has 0 saturated carbocycles. The van der Waals surface area contributed by atoms with Gasteiger partial charge in [-0.1, -0.05) is 30.3 Å². The second kappa shape index (κ2) is 3.49. The molecule has 3 amide bonds. The van der Waals surface area contributed by atoms with Crippen molar-refractivity contribution in [2.75, 3.05) is 0 Å². The standard InChI is InChI=1S/C10H10N2O2/c13-9-8(11-10(14)12-9)6-7-4-2-1-3-5-7/h1-5,8H,6H2,(H2,11,12,13,14)/t8-/m0/s1/i6+1. The van der Waals surface area contributed by atoms with Crippen LogP contribution in [0.15, 0.2) is 30.3 Å². The molecule has 4 nitrogen and oxygen atoms in total. The SMILES string of the molecule is O=C1NC(=O)[C@H]([13CH2]c2ccccc2)N1. The number of carbonyl (C=O) groups is 2. The Morgan fingerprint density at radius 1 is 1.14 bits per heavy atom. The minimum absolute atomic E-state index is 0.251. The van der Waals surface area contributed by atoms with Crippen LogP contribution in [0, 0.1) is 0 Å². The van der Waals surface area contributed by atoms with E-state index in [1.807, 2.05) is 30.3 Å². The molecule has 0 aromatic heterocycles. The molecule has 1 saturated heterocycles. The normalized spacial score (nSPS) is 20.4. The number of amides is 3. The summed E-state index contributed by atoms with van der Waals surface area (Å²) in [6, 6.07) is 8.75. The maximum Gasteiger partial charge on any atom is 0.322 e. The molecule has 1 fully saturated rings. The third-order valence-corrected chi connectivity index (χ3v) is 2.14. The van der Waals surface area contributed by atoms with Crippen molar-refractivity contribution in [1.29, 1.82) is 0 Å². The van der Waals surface area contributed by atoms with Gasteiger partial charge in [0.15, 0.2) is 0 Å². The summed E-state index contributed by atoms with van der Waals surface area (Å²) in [6.07, 6.45) is 0.540. The predicted octanol–water partition coefficient (Wildman–Crippen LogP) is 0.437. The van der Waals surface area contributed by atoms with Gasteiger partial charge in [0.2, 0.25) is 0 Å². The molecule has 0 radical (unpaired) electrons. The van der Waals surface area contributed by atoms with Crippen molar-refractivity contribution in [3.8, 4) is 0 Å². The highest BCUT2D eigenvalue weighted by molar-refractivity contribution is 6.04. The average Bonchev–Trinajstić information content (AvgIpc) is 2.47. The molecule has 4 heteroatoms. The molecule has 1 aromatic carbocycles. The largest absolute Gasteiger partial charge is 0.326 e. The number of hydrogen-bond donors (Lipinski definition) is 2. The van der Waals surface area contributed by atoms with Gasteiger partial charge in [-0.3, -0.25) is 10.1 Å². The summed E-state index contributed by atoms with van der Waals surface area (Å²) in [5.41, 5.74) is 1.04. The van der Waals surface area contributed by atoms with Crippen LogP contribution in [0.5, 0.6) is 0 Å². The second-order valence-electron chi connectivity index (χ2n) is 3.21. The third-order valence-electron chi connectivity index (χ3n) is 2.14. The Morgan fingerprint density at radius 2 is 1.86 bits per heavy atom. The van der Waals surface area contributed by atoms with Gasteiger partial charge in [0.1, 0.15) is 6.04 Å². The number of benzene rings is 1. The molecule has 0 aliphatic carbocycles. The van der Waals surface area contributed by atoms with Gasteiger partial charge in [0, 0.05) is 6.42 Å². The van der Waals surface area contributed by atoms with E-state index in [1.54, 1.807) is 0 Å². The summed E-state index contributed by atoms with van der Waals surface area (Å²) in [6.45, 7) is 0. The van der Waals surface area contributed by atoms with Gasteiger partial charge in [-0.15, -0.1) is 0 Å². The van der Waals surface area contributed by atoms with Gasteiger partial charge in [-0.05, 0) is 5.56 Å². The number of carbonyl (C=O) groups excluding carboxylic acids is 2. The van der Waals surface area contributed by atoms with E-state index < -0.39 is 12.1 Å². The zero-order chi connectivity index (χ0) is 9.97. The molecule has 0 spiro atoms. The first-order valence-electron chi connectivity index (χ1n) is 4.41. The molecule has 0 unspecified atom stereocenters. The highest BCUT2D eigenvalue weighted by Gasteiger charge is 2.28. The summed E-state index contributed by atoms with van der Waals surface area (Å²) < 4.78 is 0. The van der Waals surface area contributed by atoms with Crippen molar-refractivity contribution in [2.45, 2.75) is 12.5 Å². The lowest BCUT2D eigenvalue weighted by molar-refractivity contribution is -0.120. The van der Waals surface area contributed by atoms with E-state index in [1.165, 1.54) is 0 Å². The lowest BCUT2D eigenvalue weighted by Crippen LogP contribution is -2.30. The van der Waals surface area contributed by atoms with Gasteiger partial charge >= 0.3 is 6.03 Å². The van der Waals surface area contributed by atoms with Crippen LogP contribution in [0.4, 0.5) is 4.79 Å². The number of rotatable bonds is 2. The van der Waals surface area contributed by atoms with Crippen LogP contribution in [0.25, 0.3) is 0 Å². The van der Waals surface area contributed by atoms with Gasteiger partial charge in [-0.25, -0.2) is 4.79 Å². The van der Waals surface area contributed by atoms with E-state index in [0.717, 1.165) is 5.56 Å².